The average Bonchev–Trinajstić information content (AvgIpc) is 2.52. The molecule has 4 heteroatoms. The van der Waals surface area contributed by atoms with Crippen LogP contribution in [0.1, 0.15) is 24.0 Å². The molecule has 2 aromatic carbocycles. The molecule has 2 nitrogen and oxygen atoms in total. The summed E-state index contributed by atoms with van der Waals surface area (Å²) in [7, 11) is 0. The second-order valence-corrected chi connectivity index (χ2v) is 8.45. The Kier molecular flexibility index (Phi) is 6.50. The predicted octanol–water partition coefficient (Wildman–Crippen LogP) is 5.66. The zero-order chi connectivity index (χ0) is 15.0. The fourth-order valence-electron chi connectivity index (χ4n) is 2.08. The van der Waals surface area contributed by atoms with Gasteiger partial charge in [0.05, 0.1) is 6.61 Å². The summed E-state index contributed by atoms with van der Waals surface area (Å²) in [5.74, 6) is 0. The van der Waals surface area contributed by atoms with Gasteiger partial charge in [0.15, 0.2) is 0 Å². The van der Waals surface area contributed by atoms with Crippen molar-refractivity contribution >= 4 is 18.0 Å². The highest BCUT2D eigenvalue weighted by molar-refractivity contribution is 7.85. The molecule has 2 rings (SSSR count). The van der Waals surface area contributed by atoms with E-state index in [1.807, 2.05) is 48.5 Å². The summed E-state index contributed by atoms with van der Waals surface area (Å²) >= 11 is 6.00. The second kappa shape index (κ2) is 8.38. The zero-order valence-electron chi connectivity index (χ0n) is 12.0. The van der Waals surface area contributed by atoms with Crippen molar-refractivity contribution in [1.29, 1.82) is 0 Å². The van der Waals surface area contributed by atoms with Gasteiger partial charge in [-0.15, -0.1) is 0 Å². The highest BCUT2D eigenvalue weighted by Crippen LogP contribution is 2.53. The molecule has 0 heterocycles. The van der Waals surface area contributed by atoms with Crippen molar-refractivity contribution in [3.8, 4) is 0 Å². The van der Waals surface area contributed by atoms with E-state index in [9.17, 15) is 4.57 Å². The molecule has 0 aliphatic carbocycles. The van der Waals surface area contributed by atoms with Crippen molar-refractivity contribution in [2.75, 3.05) is 6.16 Å². The molecule has 0 fully saturated rings. The Labute approximate surface area is 131 Å². The lowest BCUT2D eigenvalue weighted by Gasteiger charge is -2.11. The van der Waals surface area contributed by atoms with Crippen LogP contribution in [0.4, 0.5) is 0 Å². The normalized spacial score (nSPS) is 13.8. The lowest BCUT2D eigenvalue weighted by molar-refractivity contribution is 0.313. The van der Waals surface area contributed by atoms with Crippen LogP contribution in [0.15, 0.2) is 60.7 Å². The first kappa shape index (κ1) is 16.3. The molecule has 2 aromatic rings. The maximum atomic E-state index is 12.1. The molecule has 0 amide bonds. The van der Waals surface area contributed by atoms with Crippen LogP contribution in [-0.4, -0.2) is 6.16 Å². The van der Waals surface area contributed by atoms with Gasteiger partial charge in [-0.25, -0.2) is 0 Å². The Balaban J connectivity index is 1.68. The van der Waals surface area contributed by atoms with Crippen molar-refractivity contribution in [2.45, 2.75) is 25.9 Å². The molecule has 0 radical (unpaired) electrons. The Bertz CT molecular complexity index is 572. The van der Waals surface area contributed by atoms with E-state index in [0.717, 1.165) is 24.8 Å². The highest BCUT2D eigenvalue weighted by Gasteiger charge is 2.18. The van der Waals surface area contributed by atoms with Gasteiger partial charge in [-0.2, -0.15) is 0 Å². The Morgan fingerprint density at radius 3 is 2.05 bits per heavy atom. The van der Waals surface area contributed by atoms with E-state index < -0.39 is 6.72 Å². The quantitative estimate of drug-likeness (QED) is 0.463. The summed E-state index contributed by atoms with van der Waals surface area (Å²) in [5, 5.41) is 0. The number of aryl methyl sites for hydroxylation is 1. The average molecular weight is 323 g/mol. The summed E-state index contributed by atoms with van der Waals surface area (Å²) < 4.78 is 17.5. The first-order chi connectivity index (χ1) is 10.2. The molecule has 0 saturated carbocycles. The molecule has 0 spiro atoms. The van der Waals surface area contributed by atoms with E-state index >= 15 is 0 Å². The first-order valence-electron chi connectivity index (χ1n) is 7.17. The molecule has 0 saturated heterocycles. The van der Waals surface area contributed by atoms with Crippen molar-refractivity contribution < 1.29 is 9.09 Å². The highest BCUT2D eigenvalue weighted by atomic mass is 35.7. The van der Waals surface area contributed by atoms with Crippen LogP contribution in [0.3, 0.4) is 0 Å². The molecule has 21 heavy (non-hydrogen) atoms. The van der Waals surface area contributed by atoms with Gasteiger partial charge in [0, 0.05) is 6.16 Å². The fraction of sp³-hybridized carbons (Fsp3) is 0.294. The fourth-order valence-corrected chi connectivity index (χ4v) is 3.66. The smallest absolute Gasteiger partial charge is 0.290 e. The van der Waals surface area contributed by atoms with E-state index in [4.69, 9.17) is 15.8 Å². The van der Waals surface area contributed by atoms with Crippen molar-refractivity contribution in [2.24, 2.45) is 0 Å². The van der Waals surface area contributed by atoms with Crippen LogP contribution in [0.5, 0.6) is 0 Å². The molecule has 112 valence electrons. The third kappa shape index (κ3) is 6.48. The maximum Gasteiger partial charge on any atom is 0.290 e. The van der Waals surface area contributed by atoms with Crippen LogP contribution < -0.4 is 0 Å². The topological polar surface area (TPSA) is 26.3 Å². The third-order valence-corrected chi connectivity index (χ3v) is 5.42. The summed E-state index contributed by atoms with van der Waals surface area (Å²) in [6, 6.07) is 19.9. The van der Waals surface area contributed by atoms with Gasteiger partial charge in [-0.05, 0) is 41.6 Å². The molecule has 0 aliphatic heterocycles. The number of hydrogen-bond acceptors (Lipinski definition) is 2. The monoisotopic (exact) mass is 322 g/mol. The van der Waals surface area contributed by atoms with Gasteiger partial charge in [0.2, 0.25) is 0 Å². The Morgan fingerprint density at radius 1 is 0.857 bits per heavy atom. The summed E-state index contributed by atoms with van der Waals surface area (Å²) in [6.07, 6.45) is 3.19. The number of rotatable bonds is 8. The minimum absolute atomic E-state index is 0.306. The SMILES string of the molecule is O=[P@@](Cl)(CCCCc1ccccc1)OCc1ccccc1. The van der Waals surface area contributed by atoms with Gasteiger partial charge >= 0.3 is 0 Å². The van der Waals surface area contributed by atoms with Crippen molar-refractivity contribution in [1.82, 2.24) is 0 Å². The second-order valence-electron chi connectivity index (χ2n) is 5.02. The molecule has 0 aromatic heterocycles. The van der Waals surface area contributed by atoms with Gasteiger partial charge in [-0.3, -0.25) is 4.57 Å². The van der Waals surface area contributed by atoms with Crippen LogP contribution in [0.2, 0.25) is 0 Å². The van der Waals surface area contributed by atoms with E-state index in [-0.39, 0.29) is 0 Å². The minimum atomic E-state index is -3.01. The predicted molar refractivity (Wildman–Crippen MR) is 88.9 cm³/mol. The molecule has 1 atom stereocenters. The summed E-state index contributed by atoms with van der Waals surface area (Å²) in [6.45, 7) is -2.70. The number of benzene rings is 2. The molecule has 0 N–H and O–H groups in total. The van der Waals surface area contributed by atoms with Gasteiger partial charge < -0.3 is 4.52 Å². The lowest BCUT2D eigenvalue weighted by Crippen LogP contribution is -1.94. The summed E-state index contributed by atoms with van der Waals surface area (Å²) in [4.78, 5) is 0. The molecule has 0 bridgehead atoms. The zero-order valence-corrected chi connectivity index (χ0v) is 13.6. The van der Waals surface area contributed by atoms with Crippen molar-refractivity contribution in [3.63, 3.8) is 0 Å². The third-order valence-electron chi connectivity index (χ3n) is 3.25. The van der Waals surface area contributed by atoms with Gasteiger partial charge in [0.1, 0.15) is 0 Å². The molecular formula is C17H20ClO2P. The standard InChI is InChI=1S/C17H20ClO2P/c18-21(19,20-15-17-12-5-2-6-13-17)14-8-7-11-16-9-3-1-4-10-16/h1-6,9-10,12-13H,7-8,11,14-15H2/t21-/m0/s1. The van der Waals surface area contributed by atoms with E-state index in [0.29, 0.717) is 12.8 Å². The van der Waals surface area contributed by atoms with Crippen molar-refractivity contribution in [3.05, 3.63) is 71.8 Å². The number of halogens is 1. The van der Waals surface area contributed by atoms with Crippen LogP contribution in [0.25, 0.3) is 0 Å². The Hall–Kier alpha value is -1.08. The first-order valence-corrected chi connectivity index (χ1v) is 9.88. The minimum Gasteiger partial charge on any atom is -0.313 e. The van der Waals surface area contributed by atoms with E-state index in [1.165, 1.54) is 5.56 Å². The molecule has 0 unspecified atom stereocenters. The van der Waals surface area contributed by atoms with Gasteiger partial charge in [-0.1, -0.05) is 60.7 Å². The number of hydrogen-bond donors (Lipinski definition) is 0. The van der Waals surface area contributed by atoms with Gasteiger partial charge in [0.25, 0.3) is 6.72 Å². The molecule has 0 aliphatic rings. The van der Waals surface area contributed by atoms with Crippen LogP contribution in [0, 0.1) is 0 Å². The van der Waals surface area contributed by atoms with Crippen LogP contribution in [-0.2, 0) is 22.1 Å². The van der Waals surface area contributed by atoms with E-state index in [1.54, 1.807) is 0 Å². The Morgan fingerprint density at radius 2 is 1.43 bits per heavy atom. The number of unbranched alkanes of at least 4 members (excludes halogenated alkanes) is 1. The largest absolute Gasteiger partial charge is 0.313 e. The summed E-state index contributed by atoms with van der Waals surface area (Å²) in [5.41, 5.74) is 2.29. The lowest BCUT2D eigenvalue weighted by atomic mass is 10.1. The molecular weight excluding hydrogens is 303 g/mol. The van der Waals surface area contributed by atoms with Crippen LogP contribution >= 0.6 is 18.0 Å². The maximum absolute atomic E-state index is 12.1. The van der Waals surface area contributed by atoms with E-state index in [2.05, 4.69) is 12.1 Å².